The molecule has 0 N–H and O–H groups in total. The van der Waals surface area contributed by atoms with Gasteiger partial charge in [-0.2, -0.15) is 0 Å². The van der Waals surface area contributed by atoms with E-state index in [1.807, 2.05) is 0 Å². The first-order chi connectivity index (χ1) is 8.07. The smallest absolute Gasteiger partial charge is 0.270 e. The summed E-state index contributed by atoms with van der Waals surface area (Å²) in [5.41, 5.74) is -0.490. The van der Waals surface area contributed by atoms with Crippen molar-refractivity contribution in [2.75, 3.05) is 6.26 Å². The van der Waals surface area contributed by atoms with E-state index in [1.165, 1.54) is 18.2 Å². The highest BCUT2D eigenvalue weighted by atomic mass is 79.9. The fourth-order valence-electron chi connectivity index (χ4n) is 1.10. The Hall–Kier alpha value is -0.990. The maximum Gasteiger partial charge on any atom is 0.270 e. The van der Waals surface area contributed by atoms with Crippen molar-refractivity contribution in [1.82, 2.24) is 0 Å². The number of sulfone groups is 1. The number of nitro benzene ring substituents is 1. The van der Waals surface area contributed by atoms with Gasteiger partial charge in [0.1, 0.15) is 0 Å². The summed E-state index contributed by atoms with van der Waals surface area (Å²) in [5.74, 6) is -0.977. The number of Topliss-reactive ketones (excluding diaryl/α,β-unsaturated/α-hetero) is 1. The fourth-order valence-corrected chi connectivity index (χ4v) is 1.89. The Balaban J connectivity index is 3.28. The second-order valence-corrected chi connectivity index (χ2v) is 8.54. The first-order valence-corrected chi connectivity index (χ1v) is 7.50. The van der Waals surface area contributed by atoms with E-state index in [0.717, 1.165) is 12.3 Å². The number of alkyl halides is 2. The molecule has 1 rings (SSSR count). The van der Waals surface area contributed by atoms with Crippen LogP contribution in [0.4, 0.5) is 5.69 Å². The van der Waals surface area contributed by atoms with Crippen molar-refractivity contribution in [2.45, 2.75) is 3.12 Å². The lowest BCUT2D eigenvalue weighted by Gasteiger charge is -2.16. The number of rotatable bonds is 4. The zero-order valence-electron chi connectivity index (χ0n) is 8.96. The first kappa shape index (κ1) is 15.1. The number of halogens is 2. The predicted molar refractivity (Wildman–Crippen MR) is 69.8 cm³/mol. The second kappa shape index (κ2) is 4.94. The first-order valence-electron chi connectivity index (χ1n) is 4.44. The third-order valence-electron chi connectivity index (χ3n) is 2.05. The minimum atomic E-state index is -3.92. The van der Waals surface area contributed by atoms with Crippen LogP contribution in [0.25, 0.3) is 0 Å². The molecule has 0 saturated carbocycles. The minimum Gasteiger partial charge on any atom is -0.290 e. The van der Waals surface area contributed by atoms with E-state index in [4.69, 9.17) is 11.6 Å². The van der Waals surface area contributed by atoms with Gasteiger partial charge in [-0.1, -0.05) is 23.7 Å². The van der Waals surface area contributed by atoms with Crippen molar-refractivity contribution >= 4 is 48.8 Å². The number of nitro groups is 1. The third-order valence-corrected chi connectivity index (χ3v) is 6.30. The summed E-state index contributed by atoms with van der Waals surface area (Å²) in [4.78, 5) is 21.8. The maximum absolute atomic E-state index is 11.9. The monoisotopic (exact) mass is 355 g/mol. The van der Waals surface area contributed by atoms with Gasteiger partial charge in [0.15, 0.2) is 9.84 Å². The van der Waals surface area contributed by atoms with Gasteiger partial charge in [-0.3, -0.25) is 14.9 Å². The molecule has 0 aliphatic rings. The molecule has 1 aromatic carbocycles. The number of nitrogens with zero attached hydrogens (tertiary/aromatic N) is 1. The lowest BCUT2D eigenvalue weighted by atomic mass is 10.1. The molecule has 0 aromatic heterocycles. The number of hydrogen-bond acceptors (Lipinski definition) is 5. The van der Waals surface area contributed by atoms with Crippen molar-refractivity contribution in [3.63, 3.8) is 0 Å². The molecule has 0 amide bonds. The summed E-state index contributed by atoms with van der Waals surface area (Å²) in [5, 5.41) is 10.6. The lowest BCUT2D eigenvalue weighted by Crippen LogP contribution is -2.34. The standard InChI is InChI=1S/C9H7BrClNO5S/c1-18(16,17)9(10,11)8(13)6-3-2-4-7(5-6)12(14)15/h2-5H,1H3/t9-/m0/s1. The molecule has 0 heterocycles. The molecule has 0 saturated heterocycles. The van der Waals surface area contributed by atoms with Crippen LogP contribution in [0.15, 0.2) is 24.3 Å². The van der Waals surface area contributed by atoms with E-state index in [-0.39, 0.29) is 11.3 Å². The molecule has 0 unspecified atom stereocenters. The molecular formula is C9H7BrClNO5S. The van der Waals surface area contributed by atoms with E-state index >= 15 is 0 Å². The van der Waals surface area contributed by atoms with Gasteiger partial charge in [0.25, 0.3) is 8.80 Å². The highest BCUT2D eigenvalue weighted by Gasteiger charge is 2.44. The van der Waals surface area contributed by atoms with Crippen molar-refractivity contribution in [3.8, 4) is 0 Å². The Morgan fingerprint density at radius 2 is 2.06 bits per heavy atom. The van der Waals surface area contributed by atoms with Crippen LogP contribution in [-0.4, -0.2) is 28.5 Å². The van der Waals surface area contributed by atoms with E-state index in [0.29, 0.717) is 0 Å². The van der Waals surface area contributed by atoms with E-state index in [9.17, 15) is 23.3 Å². The fraction of sp³-hybridized carbons (Fsp3) is 0.222. The van der Waals surface area contributed by atoms with Gasteiger partial charge < -0.3 is 0 Å². The Morgan fingerprint density at radius 1 is 1.50 bits per heavy atom. The second-order valence-electron chi connectivity index (χ2n) is 3.43. The summed E-state index contributed by atoms with van der Waals surface area (Å²) in [7, 11) is -3.92. The number of hydrogen-bond donors (Lipinski definition) is 0. The van der Waals surface area contributed by atoms with Crippen LogP contribution in [0.3, 0.4) is 0 Å². The van der Waals surface area contributed by atoms with Crippen LogP contribution in [0.5, 0.6) is 0 Å². The molecule has 0 spiro atoms. The molecule has 0 bridgehead atoms. The van der Waals surface area contributed by atoms with Crippen LogP contribution < -0.4 is 0 Å². The number of benzene rings is 1. The van der Waals surface area contributed by atoms with E-state index < -0.39 is 23.7 Å². The molecule has 0 aliphatic carbocycles. The molecule has 18 heavy (non-hydrogen) atoms. The van der Waals surface area contributed by atoms with Crippen molar-refractivity contribution in [1.29, 1.82) is 0 Å². The van der Waals surface area contributed by atoms with Gasteiger partial charge in [-0.25, -0.2) is 8.42 Å². The highest BCUT2D eigenvalue weighted by Crippen LogP contribution is 2.34. The number of ketones is 1. The largest absolute Gasteiger partial charge is 0.290 e. The summed E-state index contributed by atoms with van der Waals surface area (Å²) in [6.07, 6.45) is 0.782. The summed E-state index contributed by atoms with van der Waals surface area (Å²) in [6, 6.07) is 4.67. The molecule has 9 heteroatoms. The number of carbonyl (C=O) groups is 1. The zero-order valence-corrected chi connectivity index (χ0v) is 12.1. The van der Waals surface area contributed by atoms with Gasteiger partial charge in [-0.05, 0) is 15.9 Å². The summed E-state index contributed by atoms with van der Waals surface area (Å²) < 4.78 is 20.4. The van der Waals surface area contributed by atoms with Gasteiger partial charge >= 0.3 is 0 Å². The predicted octanol–water partition coefficient (Wildman–Crippen LogP) is 2.11. The van der Waals surface area contributed by atoms with E-state index in [2.05, 4.69) is 15.9 Å². The Morgan fingerprint density at radius 3 is 2.50 bits per heavy atom. The van der Waals surface area contributed by atoms with Gasteiger partial charge in [0.2, 0.25) is 5.78 Å². The highest BCUT2D eigenvalue weighted by molar-refractivity contribution is 9.12. The normalized spacial score (nSPS) is 14.8. The van der Waals surface area contributed by atoms with Crippen molar-refractivity contribution in [3.05, 3.63) is 39.9 Å². The Bertz CT molecular complexity index is 613. The zero-order chi connectivity index (χ0) is 14.1. The average Bonchev–Trinajstić information content (AvgIpc) is 2.26. The van der Waals surface area contributed by atoms with Gasteiger partial charge in [0.05, 0.1) is 4.92 Å². The van der Waals surface area contributed by atoms with Gasteiger partial charge in [-0.15, -0.1) is 0 Å². The Labute approximate surface area is 116 Å². The van der Waals surface area contributed by atoms with E-state index in [1.54, 1.807) is 0 Å². The van der Waals surface area contributed by atoms with Crippen molar-refractivity contribution < 1.29 is 18.1 Å². The third kappa shape index (κ3) is 2.88. The Kier molecular flexibility index (Phi) is 4.14. The van der Waals surface area contributed by atoms with Crippen LogP contribution in [0.2, 0.25) is 0 Å². The van der Waals surface area contributed by atoms with Crippen molar-refractivity contribution in [2.24, 2.45) is 0 Å². The average molecular weight is 357 g/mol. The number of carbonyl (C=O) groups excluding carboxylic acids is 1. The molecule has 1 aromatic rings. The summed E-state index contributed by atoms with van der Waals surface area (Å²) >= 11 is 8.26. The molecular weight excluding hydrogens is 350 g/mol. The maximum atomic E-state index is 11.9. The molecule has 98 valence electrons. The SMILES string of the molecule is CS(=O)(=O)[C@](Cl)(Br)C(=O)c1cccc([N+](=O)[O-])c1. The van der Waals surface area contributed by atoms with Crippen LogP contribution in [0.1, 0.15) is 10.4 Å². The lowest BCUT2D eigenvalue weighted by molar-refractivity contribution is -0.384. The minimum absolute atomic E-state index is 0.165. The number of non-ortho nitro benzene ring substituents is 1. The molecule has 0 fully saturated rings. The van der Waals surface area contributed by atoms with Gasteiger partial charge in [0, 0.05) is 24.0 Å². The molecule has 0 aliphatic heterocycles. The van der Waals surface area contributed by atoms with Crippen LogP contribution >= 0.6 is 27.5 Å². The van der Waals surface area contributed by atoms with Crippen LogP contribution in [0, 0.1) is 10.1 Å². The topological polar surface area (TPSA) is 94.3 Å². The molecule has 1 atom stereocenters. The molecule has 6 nitrogen and oxygen atoms in total. The van der Waals surface area contributed by atoms with Crippen LogP contribution in [-0.2, 0) is 9.84 Å². The summed E-state index contributed by atoms with van der Waals surface area (Å²) in [6.45, 7) is 0. The quantitative estimate of drug-likeness (QED) is 0.356. The molecule has 0 radical (unpaired) electrons.